The van der Waals surface area contributed by atoms with Crippen molar-refractivity contribution in [2.24, 2.45) is 5.41 Å². The minimum absolute atomic E-state index is 0.00394. The van der Waals surface area contributed by atoms with E-state index in [1.807, 2.05) is 6.08 Å². The lowest BCUT2D eigenvalue weighted by Gasteiger charge is -2.43. The van der Waals surface area contributed by atoms with Crippen LogP contribution >= 0.6 is 0 Å². The van der Waals surface area contributed by atoms with Crippen LogP contribution in [0.5, 0.6) is 0 Å². The number of ether oxygens (including phenoxy) is 1. The first-order valence-corrected chi connectivity index (χ1v) is 5.38. The highest BCUT2D eigenvalue weighted by molar-refractivity contribution is 5.97. The van der Waals surface area contributed by atoms with Crippen LogP contribution < -0.4 is 0 Å². The quantitative estimate of drug-likeness (QED) is 0.601. The van der Waals surface area contributed by atoms with Crippen LogP contribution in [0.3, 0.4) is 0 Å². The second-order valence-electron chi connectivity index (χ2n) is 4.97. The lowest BCUT2D eigenvalue weighted by molar-refractivity contribution is -0.132. The monoisotopic (exact) mass is 202 g/mol. The molecular weight excluding hydrogens is 188 g/mol. The van der Waals surface area contributed by atoms with Gasteiger partial charge in [-0.3, -0.25) is 4.79 Å². The van der Waals surface area contributed by atoms with Crippen molar-refractivity contribution in [3.8, 4) is 0 Å². The van der Waals surface area contributed by atoms with Crippen molar-refractivity contribution < 1.29 is 9.53 Å². The average Bonchev–Trinajstić information content (AvgIpc) is 2.66. The van der Waals surface area contributed by atoms with E-state index in [0.29, 0.717) is 0 Å². The molecule has 2 nitrogen and oxygen atoms in total. The Hall–Kier alpha value is -1.15. The van der Waals surface area contributed by atoms with E-state index in [2.05, 4.69) is 26.0 Å². The summed E-state index contributed by atoms with van der Waals surface area (Å²) in [7, 11) is 0. The normalized spacial score (nSPS) is 36.0. The third kappa shape index (κ3) is 1.06. The Morgan fingerprint density at radius 1 is 1.40 bits per heavy atom. The van der Waals surface area contributed by atoms with E-state index in [9.17, 15) is 4.79 Å². The number of carbonyl (C=O) groups excluding carboxylic acids is 1. The Morgan fingerprint density at radius 2 is 2.20 bits per heavy atom. The Morgan fingerprint density at radius 3 is 3.00 bits per heavy atom. The SMILES string of the molecule is CC1(C)C2=C(CC=C2)[C@H]2O[C@@H]1C=CC2=O. The molecule has 0 N–H and O–H groups in total. The number of ketones is 1. The fourth-order valence-corrected chi connectivity index (χ4v) is 2.74. The van der Waals surface area contributed by atoms with E-state index in [1.165, 1.54) is 11.1 Å². The zero-order valence-electron chi connectivity index (χ0n) is 8.99. The Balaban J connectivity index is 2.17. The molecule has 2 heteroatoms. The maximum Gasteiger partial charge on any atom is 0.188 e. The average molecular weight is 202 g/mol. The van der Waals surface area contributed by atoms with E-state index < -0.39 is 0 Å². The molecule has 3 rings (SSSR count). The van der Waals surface area contributed by atoms with Gasteiger partial charge < -0.3 is 4.74 Å². The Kier molecular flexibility index (Phi) is 1.64. The van der Waals surface area contributed by atoms with Crippen molar-refractivity contribution in [1.82, 2.24) is 0 Å². The molecule has 1 aliphatic carbocycles. The van der Waals surface area contributed by atoms with Gasteiger partial charge in [0.25, 0.3) is 0 Å². The van der Waals surface area contributed by atoms with Crippen LogP contribution in [0.15, 0.2) is 35.5 Å². The van der Waals surface area contributed by atoms with Crippen LogP contribution in [-0.2, 0) is 9.53 Å². The van der Waals surface area contributed by atoms with Crippen molar-refractivity contribution in [3.63, 3.8) is 0 Å². The number of carbonyl (C=O) groups is 1. The van der Waals surface area contributed by atoms with Crippen molar-refractivity contribution >= 4 is 5.78 Å². The molecular formula is C13H14O2. The highest BCUT2D eigenvalue weighted by Gasteiger charge is 2.45. The molecule has 0 unspecified atom stereocenters. The summed E-state index contributed by atoms with van der Waals surface area (Å²) in [5.74, 6) is 0.0953. The van der Waals surface area contributed by atoms with Crippen LogP contribution in [0.2, 0.25) is 0 Å². The first-order chi connectivity index (χ1) is 7.10. The van der Waals surface area contributed by atoms with E-state index in [0.717, 1.165) is 6.42 Å². The van der Waals surface area contributed by atoms with Crippen LogP contribution in [-0.4, -0.2) is 18.0 Å². The second-order valence-corrected chi connectivity index (χ2v) is 4.97. The van der Waals surface area contributed by atoms with Crippen LogP contribution in [0.1, 0.15) is 20.3 Å². The fourth-order valence-electron chi connectivity index (χ4n) is 2.74. The highest BCUT2D eigenvalue weighted by atomic mass is 16.5. The molecule has 3 aliphatic rings. The van der Waals surface area contributed by atoms with Gasteiger partial charge in [0.05, 0.1) is 6.10 Å². The van der Waals surface area contributed by atoms with E-state index in [-0.39, 0.29) is 23.4 Å². The molecule has 0 radical (unpaired) electrons. The molecule has 0 saturated carbocycles. The third-order valence-corrected chi connectivity index (χ3v) is 3.67. The predicted octanol–water partition coefficient (Wildman–Crippen LogP) is 2.18. The maximum atomic E-state index is 11.7. The van der Waals surface area contributed by atoms with E-state index in [1.54, 1.807) is 6.08 Å². The summed E-state index contributed by atoms with van der Waals surface area (Å²) >= 11 is 0. The maximum absolute atomic E-state index is 11.7. The van der Waals surface area contributed by atoms with Gasteiger partial charge in [-0.15, -0.1) is 0 Å². The molecule has 0 aromatic rings. The molecule has 0 spiro atoms. The van der Waals surface area contributed by atoms with Crippen molar-refractivity contribution in [3.05, 3.63) is 35.5 Å². The molecule has 0 amide bonds. The van der Waals surface area contributed by atoms with Crippen molar-refractivity contribution in [2.75, 3.05) is 0 Å². The molecule has 0 aromatic carbocycles. The molecule has 2 heterocycles. The van der Waals surface area contributed by atoms with Gasteiger partial charge in [-0.1, -0.05) is 32.1 Å². The van der Waals surface area contributed by atoms with Crippen LogP contribution in [0.4, 0.5) is 0 Å². The number of fused-ring (bicyclic) bond motifs is 3. The Labute approximate surface area is 89.3 Å². The molecule has 0 aromatic heterocycles. The first-order valence-electron chi connectivity index (χ1n) is 5.38. The lowest BCUT2D eigenvalue weighted by Crippen LogP contribution is -2.46. The van der Waals surface area contributed by atoms with E-state index >= 15 is 0 Å². The Bertz CT molecular complexity index is 424. The largest absolute Gasteiger partial charge is 0.357 e. The summed E-state index contributed by atoms with van der Waals surface area (Å²) in [5, 5.41) is 0. The fraction of sp³-hybridized carbons (Fsp3) is 0.462. The second kappa shape index (κ2) is 2.70. The van der Waals surface area contributed by atoms with Gasteiger partial charge >= 0.3 is 0 Å². The first kappa shape index (κ1) is 9.10. The smallest absolute Gasteiger partial charge is 0.188 e. The van der Waals surface area contributed by atoms with Crippen LogP contribution in [0, 0.1) is 5.41 Å². The van der Waals surface area contributed by atoms with Gasteiger partial charge in [0.1, 0.15) is 6.10 Å². The highest BCUT2D eigenvalue weighted by Crippen LogP contribution is 2.47. The summed E-state index contributed by atoms with van der Waals surface area (Å²) < 4.78 is 5.83. The van der Waals surface area contributed by atoms with Gasteiger partial charge in [-0.2, -0.15) is 0 Å². The third-order valence-electron chi connectivity index (χ3n) is 3.67. The van der Waals surface area contributed by atoms with Gasteiger partial charge in [-0.25, -0.2) is 0 Å². The minimum Gasteiger partial charge on any atom is -0.357 e. The molecule has 0 saturated heterocycles. The summed E-state index contributed by atoms with van der Waals surface area (Å²) in [6.45, 7) is 4.36. The summed E-state index contributed by atoms with van der Waals surface area (Å²) in [4.78, 5) is 11.7. The molecule has 2 aliphatic heterocycles. The molecule has 15 heavy (non-hydrogen) atoms. The lowest BCUT2D eigenvalue weighted by atomic mass is 9.72. The van der Waals surface area contributed by atoms with Gasteiger partial charge in [0.2, 0.25) is 0 Å². The standard InChI is InChI=1S/C13H14O2/c1-13(2)9-5-3-4-8(9)12-10(14)6-7-11(13)15-12/h3,5-7,11-12H,4H2,1-2H3/t11-,12-/m1/s1. The predicted molar refractivity (Wildman–Crippen MR) is 57.4 cm³/mol. The number of hydrogen-bond donors (Lipinski definition) is 0. The number of hydrogen-bond acceptors (Lipinski definition) is 2. The van der Waals surface area contributed by atoms with Gasteiger partial charge in [0.15, 0.2) is 5.78 Å². The molecule has 78 valence electrons. The van der Waals surface area contributed by atoms with Crippen LogP contribution in [0.25, 0.3) is 0 Å². The van der Waals surface area contributed by atoms with Crippen molar-refractivity contribution in [2.45, 2.75) is 32.5 Å². The summed E-state index contributed by atoms with van der Waals surface area (Å²) in [5.41, 5.74) is 2.47. The zero-order valence-corrected chi connectivity index (χ0v) is 8.99. The summed E-state index contributed by atoms with van der Waals surface area (Å²) in [6, 6.07) is 0. The molecule has 2 bridgehead atoms. The van der Waals surface area contributed by atoms with E-state index in [4.69, 9.17) is 4.74 Å². The molecule has 0 fully saturated rings. The minimum atomic E-state index is -0.307. The van der Waals surface area contributed by atoms with Gasteiger partial charge in [0, 0.05) is 5.41 Å². The number of allylic oxidation sites excluding steroid dienone is 2. The molecule has 2 atom stereocenters. The number of rotatable bonds is 0. The van der Waals surface area contributed by atoms with Gasteiger partial charge in [-0.05, 0) is 23.6 Å². The van der Waals surface area contributed by atoms with Crippen molar-refractivity contribution in [1.29, 1.82) is 0 Å². The topological polar surface area (TPSA) is 26.3 Å². The zero-order chi connectivity index (χ0) is 10.6. The summed E-state index contributed by atoms with van der Waals surface area (Å²) in [6.07, 6.45) is 8.47.